The fourth-order valence-corrected chi connectivity index (χ4v) is 3.52. The summed E-state index contributed by atoms with van der Waals surface area (Å²) in [6, 6.07) is 24.5. The lowest BCUT2D eigenvalue weighted by Gasteiger charge is -2.42. The summed E-state index contributed by atoms with van der Waals surface area (Å²) < 4.78 is 0. The molecule has 28 heavy (non-hydrogen) atoms. The lowest BCUT2D eigenvalue weighted by atomic mass is 9.67. The second kappa shape index (κ2) is 7.61. The van der Waals surface area contributed by atoms with E-state index in [1.165, 1.54) is 0 Å². The van der Waals surface area contributed by atoms with E-state index < -0.39 is 11.0 Å². The minimum absolute atomic E-state index is 0.199. The molecule has 0 fully saturated rings. The summed E-state index contributed by atoms with van der Waals surface area (Å²) in [5.74, 6) is -0.199. The molecule has 0 aliphatic heterocycles. The Hall–Kier alpha value is -2.91. The van der Waals surface area contributed by atoms with Gasteiger partial charge in [-0.1, -0.05) is 87.0 Å². The number of nitrogens with one attached hydrogen (secondary N) is 1. The van der Waals surface area contributed by atoms with E-state index >= 15 is 0 Å². The van der Waals surface area contributed by atoms with Crippen LogP contribution in [0.3, 0.4) is 0 Å². The molecule has 0 aromatic heterocycles. The number of aryl methyl sites for hydroxylation is 1. The smallest absolute Gasteiger partial charge is 0.255 e. The summed E-state index contributed by atoms with van der Waals surface area (Å²) in [6.07, 6.45) is 0. The monoisotopic (exact) mass is 373 g/mol. The second-order valence-corrected chi connectivity index (χ2v) is 8.20. The zero-order valence-corrected chi connectivity index (χ0v) is 16.9. The van der Waals surface area contributed by atoms with E-state index in [1.54, 1.807) is 12.1 Å². The Balaban J connectivity index is 2.14. The second-order valence-electron chi connectivity index (χ2n) is 8.20. The lowest BCUT2D eigenvalue weighted by molar-refractivity contribution is -0.0253. The van der Waals surface area contributed by atoms with Crippen molar-refractivity contribution in [1.82, 2.24) is 0 Å². The molecule has 0 heterocycles. The molecule has 2 N–H and O–H groups in total. The van der Waals surface area contributed by atoms with Crippen LogP contribution in [0.15, 0.2) is 78.9 Å². The van der Waals surface area contributed by atoms with Crippen LogP contribution in [0.1, 0.15) is 47.8 Å². The number of aliphatic hydroxyl groups is 1. The highest BCUT2D eigenvalue weighted by Gasteiger charge is 2.44. The predicted octanol–water partition coefficient (Wildman–Crippen LogP) is 5.53. The summed E-state index contributed by atoms with van der Waals surface area (Å²) in [6.45, 7) is 8.00. The fraction of sp³-hybridized carbons (Fsp3) is 0.240. The molecule has 0 saturated carbocycles. The molecule has 0 aliphatic rings. The van der Waals surface area contributed by atoms with Crippen LogP contribution in [0.4, 0.5) is 5.69 Å². The van der Waals surface area contributed by atoms with Crippen molar-refractivity contribution in [3.63, 3.8) is 0 Å². The first-order chi connectivity index (χ1) is 13.2. The molecule has 3 aromatic carbocycles. The molecule has 1 atom stereocenters. The highest BCUT2D eigenvalue weighted by Crippen LogP contribution is 2.47. The van der Waals surface area contributed by atoms with Crippen molar-refractivity contribution >= 4 is 11.6 Å². The molecule has 0 bridgehead atoms. The zero-order valence-electron chi connectivity index (χ0n) is 16.9. The first-order valence-corrected chi connectivity index (χ1v) is 9.49. The molecule has 0 radical (unpaired) electrons. The number of rotatable bonds is 4. The molecule has 3 rings (SSSR count). The zero-order chi connectivity index (χ0) is 20.4. The molecular formula is C25H27NO2. The Kier molecular flexibility index (Phi) is 5.39. The molecule has 144 valence electrons. The highest BCUT2D eigenvalue weighted by atomic mass is 16.3. The van der Waals surface area contributed by atoms with Crippen LogP contribution < -0.4 is 5.32 Å². The van der Waals surface area contributed by atoms with Crippen molar-refractivity contribution in [2.45, 2.75) is 33.3 Å². The number of hydrogen-bond donors (Lipinski definition) is 2. The SMILES string of the molecule is Cc1ccc(NC(=O)c2ccccc2)c(C(O)(c2ccccc2)C(C)(C)C)c1. The first kappa shape index (κ1) is 19.8. The van der Waals surface area contributed by atoms with E-state index in [1.807, 2.05) is 94.4 Å². The van der Waals surface area contributed by atoms with E-state index in [2.05, 4.69) is 5.32 Å². The van der Waals surface area contributed by atoms with E-state index in [0.29, 0.717) is 16.8 Å². The average Bonchev–Trinajstić information content (AvgIpc) is 2.69. The minimum atomic E-state index is -1.28. The summed E-state index contributed by atoms with van der Waals surface area (Å²) in [5, 5.41) is 15.0. The quantitative estimate of drug-likeness (QED) is 0.632. The van der Waals surface area contributed by atoms with Crippen molar-refractivity contribution in [3.8, 4) is 0 Å². The van der Waals surface area contributed by atoms with Crippen LogP contribution in [0.25, 0.3) is 0 Å². The maximum Gasteiger partial charge on any atom is 0.255 e. The third-order valence-corrected chi connectivity index (χ3v) is 5.13. The molecular weight excluding hydrogens is 346 g/mol. The third kappa shape index (κ3) is 3.71. The van der Waals surface area contributed by atoms with Crippen molar-refractivity contribution in [1.29, 1.82) is 0 Å². The molecule has 3 aromatic rings. The Bertz CT molecular complexity index is 959. The summed E-state index contributed by atoms with van der Waals surface area (Å²) in [7, 11) is 0. The van der Waals surface area contributed by atoms with Gasteiger partial charge in [0, 0.05) is 16.8 Å². The van der Waals surface area contributed by atoms with Gasteiger partial charge in [0.1, 0.15) is 5.60 Å². The van der Waals surface area contributed by atoms with Crippen LogP contribution in [0.5, 0.6) is 0 Å². The minimum Gasteiger partial charge on any atom is -0.380 e. The number of amides is 1. The Labute approximate surface area is 167 Å². The topological polar surface area (TPSA) is 49.3 Å². The summed E-state index contributed by atoms with van der Waals surface area (Å²) in [4.78, 5) is 12.8. The molecule has 0 spiro atoms. The molecule has 0 aliphatic carbocycles. The standard InChI is InChI=1S/C25H27NO2/c1-18-15-16-22(26-23(27)19-11-7-5-8-12-19)21(17-18)25(28,24(2,3)4)20-13-9-6-10-14-20/h5-17,28H,1-4H3,(H,26,27). The molecule has 1 unspecified atom stereocenters. The largest absolute Gasteiger partial charge is 0.380 e. The number of carbonyl (C=O) groups excluding carboxylic acids is 1. The van der Waals surface area contributed by atoms with Gasteiger partial charge in [0.2, 0.25) is 0 Å². The highest BCUT2D eigenvalue weighted by molar-refractivity contribution is 6.04. The van der Waals surface area contributed by atoms with Gasteiger partial charge in [0.25, 0.3) is 5.91 Å². The van der Waals surface area contributed by atoms with E-state index in [-0.39, 0.29) is 5.91 Å². The number of carbonyl (C=O) groups is 1. The van der Waals surface area contributed by atoms with E-state index in [9.17, 15) is 9.90 Å². The van der Waals surface area contributed by atoms with Crippen molar-refractivity contribution < 1.29 is 9.90 Å². The van der Waals surface area contributed by atoms with Crippen LogP contribution in [-0.2, 0) is 5.60 Å². The maximum absolute atomic E-state index is 12.8. The Morgan fingerprint density at radius 1 is 0.857 bits per heavy atom. The maximum atomic E-state index is 12.8. The molecule has 3 nitrogen and oxygen atoms in total. The van der Waals surface area contributed by atoms with E-state index in [0.717, 1.165) is 11.1 Å². The van der Waals surface area contributed by atoms with Gasteiger partial charge in [-0.3, -0.25) is 4.79 Å². The normalized spacial score (nSPS) is 13.6. The van der Waals surface area contributed by atoms with Crippen LogP contribution >= 0.6 is 0 Å². The summed E-state index contributed by atoms with van der Waals surface area (Å²) >= 11 is 0. The lowest BCUT2D eigenvalue weighted by Crippen LogP contribution is -2.42. The predicted molar refractivity (Wildman–Crippen MR) is 114 cm³/mol. The number of hydrogen-bond acceptors (Lipinski definition) is 2. The Morgan fingerprint density at radius 2 is 1.43 bits per heavy atom. The average molecular weight is 373 g/mol. The first-order valence-electron chi connectivity index (χ1n) is 9.49. The van der Waals surface area contributed by atoms with Gasteiger partial charge < -0.3 is 10.4 Å². The van der Waals surface area contributed by atoms with Gasteiger partial charge in [0.05, 0.1) is 0 Å². The van der Waals surface area contributed by atoms with Gasteiger partial charge in [-0.05, 0) is 36.1 Å². The van der Waals surface area contributed by atoms with Crippen LogP contribution in [-0.4, -0.2) is 11.0 Å². The van der Waals surface area contributed by atoms with Gasteiger partial charge in [-0.15, -0.1) is 0 Å². The number of anilines is 1. The fourth-order valence-electron chi connectivity index (χ4n) is 3.52. The van der Waals surface area contributed by atoms with Crippen LogP contribution in [0.2, 0.25) is 0 Å². The Morgan fingerprint density at radius 3 is 2.00 bits per heavy atom. The molecule has 3 heteroatoms. The van der Waals surface area contributed by atoms with Gasteiger partial charge in [-0.2, -0.15) is 0 Å². The van der Waals surface area contributed by atoms with Gasteiger partial charge in [-0.25, -0.2) is 0 Å². The van der Waals surface area contributed by atoms with Gasteiger partial charge in [0.15, 0.2) is 0 Å². The van der Waals surface area contributed by atoms with Crippen LogP contribution in [0, 0.1) is 12.3 Å². The van der Waals surface area contributed by atoms with Crippen molar-refractivity contribution in [3.05, 3.63) is 101 Å². The van der Waals surface area contributed by atoms with Gasteiger partial charge >= 0.3 is 0 Å². The molecule has 1 amide bonds. The van der Waals surface area contributed by atoms with E-state index in [4.69, 9.17) is 0 Å². The van der Waals surface area contributed by atoms with Crippen molar-refractivity contribution in [2.75, 3.05) is 5.32 Å². The third-order valence-electron chi connectivity index (χ3n) is 5.13. The van der Waals surface area contributed by atoms with Crippen molar-refractivity contribution in [2.24, 2.45) is 5.41 Å². The summed E-state index contributed by atoms with van der Waals surface area (Å²) in [5.41, 5.74) is 1.91. The molecule has 0 saturated heterocycles. The number of benzene rings is 3.